The van der Waals surface area contributed by atoms with E-state index in [1.807, 2.05) is 24.3 Å². The highest BCUT2D eigenvalue weighted by Gasteiger charge is 2.32. The van der Waals surface area contributed by atoms with Crippen molar-refractivity contribution >= 4 is 17.5 Å². The molecule has 0 radical (unpaired) electrons. The lowest BCUT2D eigenvalue weighted by Gasteiger charge is -2.39. The zero-order chi connectivity index (χ0) is 26.6. The van der Waals surface area contributed by atoms with Crippen molar-refractivity contribution in [1.82, 2.24) is 15.5 Å². The normalized spacial score (nSPS) is 15.8. The van der Waals surface area contributed by atoms with Gasteiger partial charge in [0.2, 0.25) is 0 Å². The van der Waals surface area contributed by atoms with Crippen molar-refractivity contribution < 1.29 is 9.59 Å². The van der Waals surface area contributed by atoms with Crippen molar-refractivity contribution in [2.45, 2.75) is 51.1 Å². The molecule has 3 N–H and O–H groups in total. The molecule has 0 aromatic heterocycles. The van der Waals surface area contributed by atoms with Crippen molar-refractivity contribution in [1.29, 1.82) is 0 Å². The molecule has 1 saturated heterocycles. The molecule has 0 spiro atoms. The number of hydrogen-bond acceptors (Lipinski definition) is 4. The summed E-state index contributed by atoms with van der Waals surface area (Å²) in [4.78, 5) is 28.7. The highest BCUT2D eigenvalue weighted by molar-refractivity contribution is 6.07. The molecule has 6 nitrogen and oxygen atoms in total. The third kappa shape index (κ3) is 7.53. The van der Waals surface area contributed by atoms with Crippen LogP contribution in [0.2, 0.25) is 0 Å². The predicted molar refractivity (Wildman–Crippen MR) is 155 cm³/mol. The van der Waals surface area contributed by atoms with Gasteiger partial charge in [0.15, 0.2) is 5.78 Å². The average Bonchev–Trinajstić information content (AvgIpc) is 2.96. The first-order valence-corrected chi connectivity index (χ1v) is 13.9. The number of hydrogen-bond donors (Lipinski definition) is 3. The van der Waals surface area contributed by atoms with Crippen molar-refractivity contribution in [3.05, 3.63) is 102 Å². The third-order valence-corrected chi connectivity index (χ3v) is 7.13. The Morgan fingerprint density at radius 2 is 1.50 bits per heavy atom. The van der Waals surface area contributed by atoms with Crippen LogP contribution < -0.4 is 16.0 Å². The first kappa shape index (κ1) is 27.6. The molecule has 6 heteroatoms. The van der Waals surface area contributed by atoms with Gasteiger partial charge in [-0.3, -0.25) is 9.69 Å². The number of benzene rings is 3. The quantitative estimate of drug-likeness (QED) is 0.205. The highest BCUT2D eigenvalue weighted by Crippen LogP contribution is 2.30. The number of carbonyl (C=O) groups is 2. The Balaban J connectivity index is 1.44. The lowest BCUT2D eigenvalue weighted by atomic mass is 9.94. The minimum absolute atomic E-state index is 0.00922. The lowest BCUT2D eigenvalue weighted by molar-refractivity contribution is 0.0852. The molecule has 0 saturated carbocycles. The van der Waals surface area contributed by atoms with Crippen LogP contribution in [0.5, 0.6) is 0 Å². The zero-order valence-electron chi connectivity index (χ0n) is 22.4. The fraction of sp³-hybridized carbons (Fsp3) is 0.375. The third-order valence-electron chi connectivity index (χ3n) is 7.13. The molecule has 1 heterocycles. The van der Waals surface area contributed by atoms with Gasteiger partial charge in [0, 0.05) is 31.7 Å². The minimum Gasteiger partial charge on any atom is -0.338 e. The van der Waals surface area contributed by atoms with Crippen LogP contribution in [0, 0.1) is 0 Å². The number of urea groups is 1. The van der Waals surface area contributed by atoms with Crippen LogP contribution in [0.15, 0.2) is 84.9 Å². The monoisotopic (exact) mass is 512 g/mol. The molecule has 0 bridgehead atoms. The van der Waals surface area contributed by atoms with E-state index < -0.39 is 0 Å². The molecule has 1 fully saturated rings. The van der Waals surface area contributed by atoms with Crippen LogP contribution in [-0.4, -0.2) is 48.9 Å². The SMILES string of the molecule is CCCCCCCNC(=O)Nc1ccccc1C(=O)C1CN(C(c2ccccc2)c2ccccc2)CCN1. The molecule has 4 rings (SSSR count). The van der Waals surface area contributed by atoms with Gasteiger partial charge in [0.05, 0.1) is 17.8 Å². The summed E-state index contributed by atoms with van der Waals surface area (Å²) in [6, 6.07) is 27.6. The average molecular weight is 513 g/mol. The second-order valence-corrected chi connectivity index (χ2v) is 9.93. The van der Waals surface area contributed by atoms with E-state index in [0.29, 0.717) is 30.9 Å². The topological polar surface area (TPSA) is 73.5 Å². The summed E-state index contributed by atoms with van der Waals surface area (Å²) in [5.41, 5.74) is 3.49. The minimum atomic E-state index is -0.372. The summed E-state index contributed by atoms with van der Waals surface area (Å²) >= 11 is 0. The van der Waals surface area contributed by atoms with E-state index in [2.05, 4.69) is 76.3 Å². The molecule has 3 aromatic carbocycles. The van der Waals surface area contributed by atoms with Crippen LogP contribution in [0.1, 0.15) is 66.6 Å². The van der Waals surface area contributed by atoms with Crippen molar-refractivity contribution in [3.8, 4) is 0 Å². The Morgan fingerprint density at radius 3 is 2.18 bits per heavy atom. The molecule has 38 heavy (non-hydrogen) atoms. The first-order valence-electron chi connectivity index (χ1n) is 13.9. The van der Waals surface area contributed by atoms with E-state index in [1.54, 1.807) is 12.1 Å². The van der Waals surface area contributed by atoms with E-state index in [9.17, 15) is 9.59 Å². The number of piperazine rings is 1. The molecule has 1 aliphatic heterocycles. The molecule has 3 aromatic rings. The number of amides is 2. The largest absolute Gasteiger partial charge is 0.338 e. The Morgan fingerprint density at radius 1 is 0.868 bits per heavy atom. The second kappa shape index (κ2) is 14.5. The summed E-state index contributed by atoms with van der Waals surface area (Å²) in [5, 5.41) is 9.26. The summed E-state index contributed by atoms with van der Waals surface area (Å²) in [6.45, 7) is 4.94. The molecule has 1 aliphatic rings. The van der Waals surface area contributed by atoms with E-state index in [4.69, 9.17) is 0 Å². The van der Waals surface area contributed by atoms with Gasteiger partial charge in [-0.1, -0.05) is 105 Å². The van der Waals surface area contributed by atoms with Gasteiger partial charge >= 0.3 is 6.03 Å². The predicted octanol–water partition coefficient (Wildman–Crippen LogP) is 6.02. The molecular formula is C32H40N4O2. The van der Waals surface area contributed by atoms with Gasteiger partial charge in [-0.15, -0.1) is 0 Å². The Kier molecular flexibility index (Phi) is 10.5. The van der Waals surface area contributed by atoms with Gasteiger partial charge in [-0.2, -0.15) is 0 Å². The van der Waals surface area contributed by atoms with E-state index in [1.165, 1.54) is 30.4 Å². The number of Topliss-reactive ketones (excluding diaryl/α,β-unsaturated/α-hetero) is 1. The highest BCUT2D eigenvalue weighted by atomic mass is 16.2. The molecule has 1 unspecified atom stereocenters. The van der Waals surface area contributed by atoms with Gasteiger partial charge in [-0.05, 0) is 29.7 Å². The van der Waals surface area contributed by atoms with Crippen LogP contribution in [0.4, 0.5) is 10.5 Å². The maximum atomic E-state index is 13.7. The lowest BCUT2D eigenvalue weighted by Crippen LogP contribution is -2.55. The number of nitrogens with zero attached hydrogens (tertiary/aromatic N) is 1. The van der Waals surface area contributed by atoms with Crippen LogP contribution in [-0.2, 0) is 0 Å². The van der Waals surface area contributed by atoms with Crippen LogP contribution in [0.3, 0.4) is 0 Å². The summed E-state index contributed by atoms with van der Waals surface area (Å²) in [7, 11) is 0. The standard InChI is InChI=1S/C32H40N4O2/c1-2-3-4-5-14-21-34-32(38)35-28-20-13-12-19-27(28)31(37)29-24-36(23-22-33-29)30(25-15-8-6-9-16-25)26-17-10-7-11-18-26/h6-13,15-20,29-30,33H,2-5,14,21-24H2,1H3,(H2,34,35,38). The fourth-order valence-electron chi connectivity index (χ4n) is 5.16. The molecule has 200 valence electrons. The maximum Gasteiger partial charge on any atom is 0.319 e. The van der Waals surface area contributed by atoms with Crippen molar-refractivity contribution in [3.63, 3.8) is 0 Å². The first-order chi connectivity index (χ1) is 18.7. The second-order valence-electron chi connectivity index (χ2n) is 9.93. The summed E-state index contributed by atoms with van der Waals surface area (Å²) < 4.78 is 0. The zero-order valence-corrected chi connectivity index (χ0v) is 22.4. The van der Waals surface area contributed by atoms with Crippen LogP contribution >= 0.6 is 0 Å². The molecule has 1 atom stereocenters. The van der Waals surface area contributed by atoms with Gasteiger partial charge in [-0.25, -0.2) is 4.79 Å². The molecular weight excluding hydrogens is 472 g/mol. The Hall–Kier alpha value is -3.48. The molecule has 2 amide bonds. The van der Waals surface area contributed by atoms with Gasteiger partial charge < -0.3 is 16.0 Å². The van der Waals surface area contributed by atoms with Crippen LogP contribution in [0.25, 0.3) is 0 Å². The van der Waals surface area contributed by atoms with E-state index >= 15 is 0 Å². The number of rotatable bonds is 12. The smallest absolute Gasteiger partial charge is 0.319 e. The summed E-state index contributed by atoms with van der Waals surface area (Å²) in [5.74, 6) is -0.00922. The van der Waals surface area contributed by atoms with E-state index in [-0.39, 0.29) is 23.9 Å². The fourth-order valence-corrected chi connectivity index (χ4v) is 5.16. The van der Waals surface area contributed by atoms with E-state index in [0.717, 1.165) is 19.4 Å². The Labute approximate surface area is 226 Å². The summed E-state index contributed by atoms with van der Waals surface area (Å²) in [6.07, 6.45) is 5.69. The van der Waals surface area contributed by atoms with Crippen molar-refractivity contribution in [2.24, 2.45) is 0 Å². The number of unbranched alkanes of at least 4 members (excludes halogenated alkanes) is 4. The maximum absolute atomic E-state index is 13.7. The Bertz CT molecular complexity index is 1110. The number of anilines is 1. The number of carbonyl (C=O) groups excluding carboxylic acids is 2. The number of ketones is 1. The molecule has 0 aliphatic carbocycles. The van der Waals surface area contributed by atoms with Crippen molar-refractivity contribution in [2.75, 3.05) is 31.5 Å². The number of para-hydroxylation sites is 1. The van der Waals surface area contributed by atoms with Gasteiger partial charge in [0.25, 0.3) is 0 Å². The number of nitrogens with one attached hydrogen (secondary N) is 3. The van der Waals surface area contributed by atoms with Gasteiger partial charge in [0.1, 0.15) is 0 Å².